The average molecular weight is 489 g/mol. The number of azo groups is 1. The van der Waals surface area contributed by atoms with E-state index in [2.05, 4.69) is 47.4 Å². The van der Waals surface area contributed by atoms with Gasteiger partial charge in [0.1, 0.15) is 5.69 Å². The molecule has 0 aromatic heterocycles. The zero-order chi connectivity index (χ0) is 18.6. The molecule has 0 aliphatic rings. The Morgan fingerprint density at radius 2 is 1.76 bits per heavy atom. The van der Waals surface area contributed by atoms with Crippen LogP contribution in [0, 0.1) is 0 Å². The summed E-state index contributed by atoms with van der Waals surface area (Å²) >= 11 is 12.4. The van der Waals surface area contributed by atoms with Crippen LogP contribution in [0.25, 0.3) is 0 Å². The number of hydrogen-bond donors (Lipinski definition) is 1. The molecular formula is C17H17Br2ClN4O. The van der Waals surface area contributed by atoms with Crippen molar-refractivity contribution in [2.75, 3.05) is 24.3 Å². The highest BCUT2D eigenvalue weighted by atomic mass is 79.9. The molecule has 8 heteroatoms. The molecule has 2 aromatic rings. The van der Waals surface area contributed by atoms with Gasteiger partial charge >= 0.3 is 0 Å². The van der Waals surface area contributed by atoms with Crippen molar-refractivity contribution in [2.24, 2.45) is 10.2 Å². The Hall–Kier alpha value is -1.44. The van der Waals surface area contributed by atoms with Crippen molar-refractivity contribution in [3.8, 4) is 0 Å². The first kappa shape index (κ1) is 19.9. The summed E-state index contributed by atoms with van der Waals surface area (Å²) < 4.78 is -0.876. The average Bonchev–Trinajstić information content (AvgIpc) is 2.54. The minimum Gasteiger partial charge on any atom is -0.378 e. The number of carbonyl (C=O) groups is 1. The monoisotopic (exact) mass is 486 g/mol. The number of amides is 1. The van der Waals surface area contributed by atoms with E-state index < -0.39 is 3.23 Å². The lowest BCUT2D eigenvalue weighted by atomic mass is 10.2. The highest BCUT2D eigenvalue weighted by molar-refractivity contribution is 9.25. The molecule has 0 saturated heterocycles. The number of hydrogen-bond acceptors (Lipinski definition) is 4. The van der Waals surface area contributed by atoms with E-state index in [9.17, 15) is 4.79 Å². The molecule has 5 nitrogen and oxygen atoms in total. The second-order valence-electron chi connectivity index (χ2n) is 5.61. The van der Waals surface area contributed by atoms with Crippen molar-refractivity contribution in [1.82, 2.24) is 0 Å². The van der Waals surface area contributed by atoms with Gasteiger partial charge in [0.25, 0.3) is 5.91 Å². The van der Waals surface area contributed by atoms with Gasteiger partial charge in [0, 0.05) is 24.8 Å². The quantitative estimate of drug-likeness (QED) is 0.399. The Morgan fingerprint density at radius 3 is 2.32 bits per heavy atom. The van der Waals surface area contributed by atoms with E-state index in [-0.39, 0.29) is 5.91 Å². The fourth-order valence-electron chi connectivity index (χ4n) is 1.84. The van der Waals surface area contributed by atoms with Crippen LogP contribution in [0.2, 0.25) is 5.02 Å². The van der Waals surface area contributed by atoms with E-state index in [0.717, 1.165) is 5.69 Å². The fraction of sp³-hybridized carbons (Fsp3) is 0.235. The molecule has 1 N–H and O–H groups in total. The maximum atomic E-state index is 12.3. The normalized spacial score (nSPS) is 11.6. The molecule has 25 heavy (non-hydrogen) atoms. The molecule has 0 bridgehead atoms. The van der Waals surface area contributed by atoms with Gasteiger partial charge in [-0.2, -0.15) is 5.11 Å². The number of alkyl halides is 2. The minimum absolute atomic E-state index is 0.244. The summed E-state index contributed by atoms with van der Waals surface area (Å²) in [6.07, 6.45) is 0. The largest absolute Gasteiger partial charge is 0.378 e. The lowest BCUT2D eigenvalue weighted by molar-refractivity contribution is -0.115. The molecule has 0 spiro atoms. The molecule has 0 unspecified atom stereocenters. The van der Waals surface area contributed by atoms with Gasteiger partial charge in [0.15, 0.2) is 3.23 Å². The van der Waals surface area contributed by atoms with E-state index in [1.54, 1.807) is 31.2 Å². The van der Waals surface area contributed by atoms with Gasteiger partial charge in [0.05, 0.1) is 11.4 Å². The molecular weight excluding hydrogens is 471 g/mol. The summed E-state index contributed by atoms with van der Waals surface area (Å²) in [6.45, 7) is 1.70. The second-order valence-corrected chi connectivity index (χ2v) is 10.3. The summed E-state index contributed by atoms with van der Waals surface area (Å²) in [5.41, 5.74) is 2.73. The Kier molecular flexibility index (Phi) is 6.59. The highest BCUT2D eigenvalue weighted by Crippen LogP contribution is 2.34. The highest BCUT2D eigenvalue weighted by Gasteiger charge is 2.26. The zero-order valence-corrected chi connectivity index (χ0v) is 17.9. The van der Waals surface area contributed by atoms with Gasteiger partial charge in [-0.3, -0.25) is 4.79 Å². The summed E-state index contributed by atoms with van der Waals surface area (Å²) in [6, 6.07) is 12.6. The predicted molar refractivity (Wildman–Crippen MR) is 111 cm³/mol. The first-order valence-corrected chi connectivity index (χ1v) is 9.31. The molecule has 2 rings (SSSR count). The van der Waals surface area contributed by atoms with Gasteiger partial charge in [-0.25, -0.2) is 0 Å². The number of benzene rings is 2. The van der Waals surface area contributed by atoms with Gasteiger partial charge in [-0.1, -0.05) is 43.5 Å². The summed E-state index contributed by atoms with van der Waals surface area (Å²) in [5, 5.41) is 12.0. The molecule has 0 heterocycles. The van der Waals surface area contributed by atoms with Crippen LogP contribution in [0.5, 0.6) is 0 Å². The van der Waals surface area contributed by atoms with E-state index in [1.165, 1.54) is 0 Å². The first-order chi connectivity index (χ1) is 11.7. The van der Waals surface area contributed by atoms with Crippen molar-refractivity contribution in [1.29, 1.82) is 0 Å². The summed E-state index contributed by atoms with van der Waals surface area (Å²) in [5.74, 6) is -0.244. The van der Waals surface area contributed by atoms with Crippen LogP contribution in [0.1, 0.15) is 6.92 Å². The molecule has 0 radical (unpaired) electrons. The smallest absolute Gasteiger partial charge is 0.251 e. The Bertz CT molecular complexity index is 786. The number of anilines is 2. The van der Waals surface area contributed by atoms with E-state index in [4.69, 9.17) is 11.6 Å². The van der Waals surface area contributed by atoms with Crippen molar-refractivity contribution in [3.63, 3.8) is 0 Å². The molecule has 0 atom stereocenters. The second kappa shape index (κ2) is 8.29. The third kappa shape index (κ3) is 5.80. The van der Waals surface area contributed by atoms with E-state index in [1.807, 2.05) is 37.2 Å². The Labute approximate surface area is 168 Å². The van der Waals surface area contributed by atoms with Crippen LogP contribution >= 0.6 is 43.5 Å². The molecule has 132 valence electrons. The van der Waals surface area contributed by atoms with Crippen LogP contribution < -0.4 is 10.2 Å². The number of rotatable bonds is 5. The van der Waals surface area contributed by atoms with Crippen LogP contribution in [0.4, 0.5) is 22.7 Å². The topological polar surface area (TPSA) is 57.1 Å². The van der Waals surface area contributed by atoms with E-state index >= 15 is 0 Å². The van der Waals surface area contributed by atoms with Crippen molar-refractivity contribution in [3.05, 3.63) is 47.5 Å². The van der Waals surface area contributed by atoms with Gasteiger partial charge in [-0.15, -0.1) is 5.11 Å². The van der Waals surface area contributed by atoms with Crippen molar-refractivity contribution in [2.45, 2.75) is 10.2 Å². The van der Waals surface area contributed by atoms with Crippen LogP contribution in [0.3, 0.4) is 0 Å². The maximum absolute atomic E-state index is 12.3. The maximum Gasteiger partial charge on any atom is 0.251 e. The van der Waals surface area contributed by atoms with Gasteiger partial charge < -0.3 is 10.2 Å². The summed E-state index contributed by atoms with van der Waals surface area (Å²) in [4.78, 5) is 14.2. The minimum atomic E-state index is -0.876. The lowest BCUT2D eigenvalue weighted by Gasteiger charge is -2.18. The molecule has 1 amide bonds. The fourth-order valence-corrected chi connectivity index (χ4v) is 2.17. The SMILES string of the molecule is CN(C)c1ccc(/N=N/c2ccc(Cl)cc2)c(NC(=O)C(C)(Br)Br)c1. The van der Waals surface area contributed by atoms with Crippen molar-refractivity contribution < 1.29 is 4.79 Å². The summed E-state index contributed by atoms with van der Waals surface area (Å²) in [7, 11) is 3.85. The third-order valence-electron chi connectivity index (χ3n) is 3.24. The van der Waals surface area contributed by atoms with Crippen molar-refractivity contribution >= 4 is 72.1 Å². The Balaban J connectivity index is 2.35. The van der Waals surface area contributed by atoms with E-state index in [0.29, 0.717) is 22.1 Å². The molecule has 0 fully saturated rings. The third-order valence-corrected chi connectivity index (χ3v) is 4.22. The van der Waals surface area contributed by atoms with Gasteiger partial charge in [0.2, 0.25) is 0 Å². The van der Waals surface area contributed by atoms with Crippen LogP contribution in [-0.4, -0.2) is 23.2 Å². The number of carbonyl (C=O) groups excluding carboxylic acids is 1. The molecule has 0 aliphatic heterocycles. The zero-order valence-electron chi connectivity index (χ0n) is 13.9. The van der Waals surface area contributed by atoms with Crippen LogP contribution in [0.15, 0.2) is 52.7 Å². The standard InChI is InChI=1S/C17H17Br2ClN4O/c1-17(18,19)16(25)21-15-10-13(24(2)3)8-9-14(15)23-22-12-6-4-11(20)5-7-12/h4-10H,1-3H3,(H,21,25)/b23-22+. The Morgan fingerprint density at radius 1 is 1.12 bits per heavy atom. The van der Waals surface area contributed by atoms with Gasteiger partial charge in [-0.05, 0) is 49.4 Å². The first-order valence-electron chi connectivity index (χ1n) is 7.35. The number of nitrogens with zero attached hydrogens (tertiary/aromatic N) is 3. The molecule has 2 aromatic carbocycles. The molecule has 0 saturated carbocycles. The van der Waals surface area contributed by atoms with Crippen LogP contribution in [-0.2, 0) is 4.79 Å². The number of halogens is 3. The number of nitrogens with one attached hydrogen (secondary N) is 1. The lowest BCUT2D eigenvalue weighted by Crippen LogP contribution is -2.28. The molecule has 0 aliphatic carbocycles. The predicted octanol–water partition coefficient (Wildman–Crippen LogP) is 6.27.